The lowest BCUT2D eigenvalue weighted by Gasteiger charge is -2.39. The summed E-state index contributed by atoms with van der Waals surface area (Å²) in [5, 5.41) is 6.34. The van der Waals surface area contributed by atoms with Gasteiger partial charge in [0.15, 0.2) is 11.6 Å². The summed E-state index contributed by atoms with van der Waals surface area (Å²) < 4.78 is 19.8. The minimum atomic E-state index is -0.873. The van der Waals surface area contributed by atoms with E-state index in [1.807, 2.05) is 30.3 Å². The molecule has 9 nitrogen and oxygen atoms in total. The van der Waals surface area contributed by atoms with Gasteiger partial charge < -0.3 is 15.8 Å². The number of amides is 3. The highest BCUT2D eigenvalue weighted by molar-refractivity contribution is 5.98. The zero-order chi connectivity index (χ0) is 35.6. The Kier molecular flexibility index (Phi) is 12.1. The third kappa shape index (κ3) is 9.85. The van der Waals surface area contributed by atoms with Crippen LogP contribution in [0.15, 0.2) is 103 Å². The first kappa shape index (κ1) is 35.9. The fourth-order valence-corrected chi connectivity index (χ4v) is 6.68. The molecule has 260 valence electrons. The second-order valence-electron chi connectivity index (χ2n) is 12.9. The van der Waals surface area contributed by atoms with Crippen LogP contribution in [-0.4, -0.2) is 48.4 Å². The summed E-state index contributed by atoms with van der Waals surface area (Å²) >= 11 is 0. The van der Waals surface area contributed by atoms with Crippen LogP contribution >= 0.6 is 0 Å². The quantitative estimate of drug-likeness (QED) is 0.127. The van der Waals surface area contributed by atoms with E-state index in [9.17, 15) is 23.6 Å². The predicted octanol–water partition coefficient (Wildman–Crippen LogP) is 7.35. The van der Waals surface area contributed by atoms with Gasteiger partial charge in [-0.1, -0.05) is 66.7 Å². The number of benzene rings is 4. The summed E-state index contributed by atoms with van der Waals surface area (Å²) in [5.41, 5.74) is 9.68. The van der Waals surface area contributed by atoms with Crippen molar-refractivity contribution in [2.45, 2.75) is 64.1 Å². The van der Waals surface area contributed by atoms with Crippen LogP contribution in [0.4, 0.5) is 25.4 Å². The van der Waals surface area contributed by atoms with Gasteiger partial charge in [0, 0.05) is 35.0 Å². The Morgan fingerprint density at radius 2 is 1.56 bits per heavy atom. The van der Waals surface area contributed by atoms with Crippen molar-refractivity contribution >= 4 is 35.1 Å². The molecular weight excluding hydrogens is 635 g/mol. The van der Waals surface area contributed by atoms with E-state index in [2.05, 4.69) is 10.6 Å². The number of nitrogens with two attached hydrogens (primary N) is 1. The Balaban J connectivity index is 1.49. The topological polar surface area (TPSA) is 131 Å². The van der Waals surface area contributed by atoms with Crippen LogP contribution in [0.3, 0.4) is 0 Å². The van der Waals surface area contributed by atoms with Crippen molar-refractivity contribution < 1.29 is 28.3 Å². The van der Waals surface area contributed by atoms with Gasteiger partial charge in [-0.05, 0) is 99.5 Å². The highest BCUT2D eigenvalue weighted by Crippen LogP contribution is 2.30. The molecule has 4 N–H and O–H groups in total. The van der Waals surface area contributed by atoms with Crippen LogP contribution in [-0.2, 0) is 17.6 Å². The molecule has 4 aromatic rings. The van der Waals surface area contributed by atoms with E-state index in [4.69, 9.17) is 10.5 Å². The Bertz CT molecular complexity index is 1800. The van der Waals surface area contributed by atoms with Gasteiger partial charge in [-0.3, -0.25) is 19.8 Å². The first-order valence-electron chi connectivity index (χ1n) is 16.9. The summed E-state index contributed by atoms with van der Waals surface area (Å²) in [5.74, 6) is -0.302. The maximum absolute atomic E-state index is 13.7. The minimum Gasteiger partial charge on any atom is -0.444 e. The zero-order valence-corrected chi connectivity index (χ0v) is 28.3. The van der Waals surface area contributed by atoms with Crippen LogP contribution in [0.25, 0.3) is 0 Å². The molecule has 0 aliphatic carbocycles. The van der Waals surface area contributed by atoms with Crippen LogP contribution in [0.1, 0.15) is 65.0 Å². The smallest absolute Gasteiger partial charge is 0.411 e. The molecule has 4 aromatic carbocycles. The molecular formula is C40H43FN4O5. The van der Waals surface area contributed by atoms with Gasteiger partial charge in [0.1, 0.15) is 11.9 Å². The molecule has 0 radical (unpaired) electrons. The number of piperidine rings is 1. The monoisotopic (exact) mass is 678 g/mol. The van der Waals surface area contributed by atoms with Crippen molar-refractivity contribution in [3.8, 4) is 0 Å². The number of carbonyl (C=O) groups is 4. The van der Waals surface area contributed by atoms with E-state index >= 15 is 0 Å². The summed E-state index contributed by atoms with van der Waals surface area (Å²) in [6.07, 6.45) is 1.46. The van der Waals surface area contributed by atoms with E-state index in [1.54, 1.807) is 60.7 Å². The van der Waals surface area contributed by atoms with E-state index in [-0.39, 0.29) is 29.8 Å². The lowest BCUT2D eigenvalue weighted by atomic mass is 9.84. The van der Waals surface area contributed by atoms with Gasteiger partial charge in [-0.15, -0.1) is 0 Å². The Labute approximate surface area is 292 Å². The molecule has 0 saturated carbocycles. The second-order valence-corrected chi connectivity index (χ2v) is 12.9. The maximum atomic E-state index is 13.7. The molecule has 1 fully saturated rings. The molecule has 0 spiro atoms. The number of hydrogen-bond acceptors (Lipinski definition) is 6. The van der Waals surface area contributed by atoms with Crippen LogP contribution in [0, 0.1) is 11.7 Å². The van der Waals surface area contributed by atoms with Crippen LogP contribution < -0.4 is 21.3 Å². The van der Waals surface area contributed by atoms with E-state index in [0.717, 1.165) is 36.9 Å². The van der Waals surface area contributed by atoms with E-state index in [1.165, 1.54) is 30.9 Å². The molecule has 1 aliphatic rings. The van der Waals surface area contributed by atoms with E-state index < -0.39 is 24.3 Å². The number of nitrogens with one attached hydrogen (secondary N) is 2. The van der Waals surface area contributed by atoms with E-state index in [0.29, 0.717) is 34.8 Å². The third-order valence-corrected chi connectivity index (χ3v) is 9.15. The second kappa shape index (κ2) is 16.8. The molecule has 1 heterocycles. The Hall–Kier alpha value is -5.35. The normalized spacial score (nSPS) is 16.9. The van der Waals surface area contributed by atoms with Gasteiger partial charge in [0.25, 0.3) is 0 Å². The Morgan fingerprint density at radius 3 is 2.24 bits per heavy atom. The molecule has 0 bridgehead atoms. The molecule has 2 unspecified atom stereocenters. The minimum absolute atomic E-state index is 0.0930. The fraction of sp³-hybridized carbons (Fsp3) is 0.300. The maximum Gasteiger partial charge on any atom is 0.411 e. The van der Waals surface area contributed by atoms with Crippen LogP contribution in [0.2, 0.25) is 0 Å². The average Bonchev–Trinajstić information content (AvgIpc) is 3.09. The van der Waals surface area contributed by atoms with Crippen molar-refractivity contribution in [2.24, 2.45) is 11.7 Å². The molecule has 3 amide bonds. The van der Waals surface area contributed by atoms with Crippen molar-refractivity contribution in [3.05, 3.63) is 131 Å². The molecule has 0 aromatic heterocycles. The number of nitrogens with zero attached hydrogens (tertiary/aromatic N) is 1. The number of urea groups is 1. The van der Waals surface area contributed by atoms with Gasteiger partial charge in [-0.2, -0.15) is 0 Å². The molecule has 10 heteroatoms. The SMILES string of the molecule is CC(=O)c1cccc(NC(=O)O[C@H](CC2CC(Cc3ccc(F)cc3)CCN2)[C@H](Cc2ccccc2)N(C(N)=O)c2cccc(C(C)=O)c2)c1. The van der Waals surface area contributed by atoms with Gasteiger partial charge in [0.2, 0.25) is 0 Å². The number of anilines is 2. The number of carbonyl (C=O) groups excluding carboxylic acids is 4. The lowest BCUT2D eigenvalue weighted by molar-refractivity contribution is 0.0745. The predicted molar refractivity (Wildman–Crippen MR) is 192 cm³/mol. The number of halogens is 1. The number of ether oxygens (including phenoxy) is 1. The van der Waals surface area contributed by atoms with Gasteiger partial charge >= 0.3 is 12.1 Å². The van der Waals surface area contributed by atoms with Crippen molar-refractivity contribution in [1.82, 2.24) is 5.32 Å². The van der Waals surface area contributed by atoms with Crippen molar-refractivity contribution in [3.63, 3.8) is 0 Å². The largest absolute Gasteiger partial charge is 0.444 e. The Morgan fingerprint density at radius 1 is 0.880 bits per heavy atom. The van der Waals surface area contributed by atoms with Gasteiger partial charge in [-0.25, -0.2) is 14.0 Å². The zero-order valence-electron chi connectivity index (χ0n) is 28.3. The fourth-order valence-electron chi connectivity index (χ4n) is 6.68. The summed E-state index contributed by atoms with van der Waals surface area (Å²) in [6.45, 7) is 3.63. The number of Topliss-reactive ketones (excluding diaryl/α,β-unsaturated/α-hetero) is 2. The average molecular weight is 679 g/mol. The highest BCUT2D eigenvalue weighted by atomic mass is 19.1. The molecule has 1 saturated heterocycles. The number of rotatable bonds is 13. The molecule has 5 rings (SSSR count). The van der Waals surface area contributed by atoms with Crippen molar-refractivity contribution in [1.29, 1.82) is 0 Å². The number of primary amides is 1. The standard InChI is InChI=1S/C40H43FN4O5/c1-26(46)31-10-6-12-34(23-31)44-40(49)50-38(25-35-21-30(18-19-43-35)20-29-14-16-33(41)17-15-29)37(22-28-8-4-3-5-9-28)45(39(42)48)36-13-7-11-32(24-36)27(2)47/h3-17,23-24,30,35,37-38,43H,18-22,25H2,1-2H3,(H2,42,48)(H,44,49)/t30?,35?,37-,38+/m0/s1. The first-order chi connectivity index (χ1) is 24.0. The van der Waals surface area contributed by atoms with Gasteiger partial charge in [0.05, 0.1) is 6.04 Å². The van der Waals surface area contributed by atoms with Crippen molar-refractivity contribution in [2.75, 3.05) is 16.8 Å². The number of ketones is 2. The summed E-state index contributed by atoms with van der Waals surface area (Å²) in [6, 6.07) is 27.7. The molecule has 1 aliphatic heterocycles. The molecule has 50 heavy (non-hydrogen) atoms. The highest BCUT2D eigenvalue weighted by Gasteiger charge is 2.37. The van der Waals surface area contributed by atoms with Crippen LogP contribution in [0.5, 0.6) is 0 Å². The summed E-state index contributed by atoms with van der Waals surface area (Å²) in [7, 11) is 0. The summed E-state index contributed by atoms with van der Waals surface area (Å²) in [4.78, 5) is 52.8. The number of hydrogen-bond donors (Lipinski definition) is 3. The lowest BCUT2D eigenvalue weighted by Crippen LogP contribution is -2.54. The third-order valence-electron chi connectivity index (χ3n) is 9.15. The first-order valence-corrected chi connectivity index (χ1v) is 16.9. The molecule has 4 atom stereocenters.